The number of nitrogens with zero attached hydrogens (tertiary/aromatic N) is 4. The van der Waals surface area contributed by atoms with E-state index >= 15 is 0 Å². The summed E-state index contributed by atoms with van der Waals surface area (Å²) in [6.07, 6.45) is 0. The molecule has 0 saturated carbocycles. The summed E-state index contributed by atoms with van der Waals surface area (Å²) in [7, 11) is 3.87. The predicted molar refractivity (Wildman–Crippen MR) is 93.5 cm³/mol. The van der Waals surface area contributed by atoms with Gasteiger partial charge in [-0.1, -0.05) is 0 Å². The summed E-state index contributed by atoms with van der Waals surface area (Å²) in [5.74, 6) is 1.32. The molecular weight excluding hydrogens is 312 g/mol. The highest BCUT2D eigenvalue weighted by Crippen LogP contribution is 2.16. The van der Waals surface area contributed by atoms with Gasteiger partial charge in [0.1, 0.15) is 10.7 Å². The highest BCUT2D eigenvalue weighted by molar-refractivity contribution is 7.13. The molecule has 7 nitrogen and oxygen atoms in total. The molecule has 0 radical (unpaired) electrons. The molecule has 2 aromatic rings. The molecule has 124 valence electrons. The molecule has 0 bridgehead atoms. The zero-order valence-corrected chi connectivity index (χ0v) is 14.9. The number of thiazole rings is 1. The van der Waals surface area contributed by atoms with Gasteiger partial charge in [0.15, 0.2) is 0 Å². The third-order valence-corrected chi connectivity index (χ3v) is 4.17. The fraction of sp³-hybridized carbons (Fsp3) is 0.467. The van der Waals surface area contributed by atoms with Gasteiger partial charge in [0.25, 0.3) is 5.91 Å². The third kappa shape index (κ3) is 4.62. The van der Waals surface area contributed by atoms with Gasteiger partial charge in [-0.3, -0.25) is 4.79 Å². The number of carbonyl (C=O) groups is 1. The Labute approximate surface area is 140 Å². The van der Waals surface area contributed by atoms with Crippen LogP contribution in [0.25, 0.3) is 0 Å². The van der Waals surface area contributed by atoms with E-state index in [4.69, 9.17) is 0 Å². The summed E-state index contributed by atoms with van der Waals surface area (Å²) < 4.78 is 0. The van der Waals surface area contributed by atoms with E-state index in [1.54, 1.807) is 0 Å². The van der Waals surface area contributed by atoms with Crippen molar-refractivity contribution in [2.45, 2.75) is 20.8 Å². The Balaban J connectivity index is 1.86. The Kier molecular flexibility index (Phi) is 5.49. The van der Waals surface area contributed by atoms with Crippen LogP contribution in [0.1, 0.15) is 26.1 Å². The minimum atomic E-state index is -0.0889. The summed E-state index contributed by atoms with van der Waals surface area (Å²) in [4.78, 5) is 27.7. The number of aromatic nitrogens is 3. The molecule has 2 N–H and O–H groups in total. The molecule has 2 rings (SSSR count). The second-order valence-corrected chi connectivity index (χ2v) is 6.62. The van der Waals surface area contributed by atoms with Crippen molar-refractivity contribution in [3.8, 4) is 0 Å². The summed E-state index contributed by atoms with van der Waals surface area (Å²) in [6, 6.07) is 1.92. The average Bonchev–Trinajstić information content (AvgIpc) is 2.81. The number of aryl methyl sites for hydroxylation is 3. The molecule has 0 unspecified atom stereocenters. The van der Waals surface area contributed by atoms with Crippen molar-refractivity contribution < 1.29 is 4.79 Å². The zero-order chi connectivity index (χ0) is 17.0. The van der Waals surface area contributed by atoms with Gasteiger partial charge in [-0.15, -0.1) is 11.3 Å². The molecular formula is C15H22N6OS. The first kappa shape index (κ1) is 17.1. The Morgan fingerprint density at radius 1 is 1.17 bits per heavy atom. The standard InChI is InChI=1S/C15H22N6OS/c1-9-8-12(21(4)5)20-15(18-9)17-7-6-16-14(22)13-10(2)19-11(3)23-13/h8H,6-7H2,1-5H3,(H,16,22)(H,17,18,20). The summed E-state index contributed by atoms with van der Waals surface area (Å²) in [5, 5.41) is 6.91. The maximum absolute atomic E-state index is 12.1. The van der Waals surface area contributed by atoms with E-state index in [0.29, 0.717) is 23.9 Å². The van der Waals surface area contributed by atoms with Crippen LogP contribution in [-0.4, -0.2) is 48.0 Å². The van der Waals surface area contributed by atoms with Gasteiger partial charge in [-0.2, -0.15) is 4.98 Å². The molecule has 0 fully saturated rings. The maximum atomic E-state index is 12.1. The van der Waals surface area contributed by atoms with Crippen molar-refractivity contribution in [3.63, 3.8) is 0 Å². The zero-order valence-electron chi connectivity index (χ0n) is 14.1. The molecule has 23 heavy (non-hydrogen) atoms. The molecule has 0 spiro atoms. The minimum absolute atomic E-state index is 0.0889. The Hall–Kier alpha value is -2.22. The molecule has 2 aromatic heterocycles. The maximum Gasteiger partial charge on any atom is 0.263 e. The lowest BCUT2D eigenvalue weighted by Crippen LogP contribution is -2.29. The number of nitrogens with one attached hydrogen (secondary N) is 2. The van der Waals surface area contributed by atoms with E-state index in [0.717, 1.165) is 22.2 Å². The Bertz CT molecular complexity index is 697. The molecule has 0 saturated heterocycles. The molecule has 0 aromatic carbocycles. The van der Waals surface area contributed by atoms with Crippen LogP contribution in [0.2, 0.25) is 0 Å². The van der Waals surface area contributed by atoms with Gasteiger partial charge in [0, 0.05) is 38.9 Å². The third-order valence-electron chi connectivity index (χ3n) is 3.10. The topological polar surface area (TPSA) is 83.0 Å². The highest BCUT2D eigenvalue weighted by atomic mass is 32.1. The SMILES string of the molecule is Cc1cc(N(C)C)nc(NCCNC(=O)c2sc(C)nc2C)n1. The molecule has 0 atom stereocenters. The first-order chi connectivity index (χ1) is 10.9. The fourth-order valence-corrected chi connectivity index (χ4v) is 2.87. The van der Waals surface area contributed by atoms with Crippen molar-refractivity contribution in [2.75, 3.05) is 37.4 Å². The van der Waals surface area contributed by atoms with Gasteiger partial charge in [-0.05, 0) is 20.8 Å². The van der Waals surface area contributed by atoms with Crippen LogP contribution < -0.4 is 15.5 Å². The quantitative estimate of drug-likeness (QED) is 0.784. The van der Waals surface area contributed by atoms with E-state index < -0.39 is 0 Å². The number of hydrogen-bond acceptors (Lipinski definition) is 7. The number of carbonyl (C=O) groups excluding carboxylic acids is 1. The van der Waals surface area contributed by atoms with Gasteiger partial charge < -0.3 is 15.5 Å². The Morgan fingerprint density at radius 3 is 2.52 bits per heavy atom. The largest absolute Gasteiger partial charge is 0.363 e. The number of rotatable bonds is 6. The average molecular weight is 334 g/mol. The second-order valence-electron chi connectivity index (χ2n) is 5.42. The molecule has 1 amide bonds. The number of hydrogen-bond donors (Lipinski definition) is 2. The van der Waals surface area contributed by atoms with Crippen LogP contribution >= 0.6 is 11.3 Å². The van der Waals surface area contributed by atoms with Crippen molar-refractivity contribution in [1.82, 2.24) is 20.3 Å². The van der Waals surface area contributed by atoms with Crippen LogP contribution in [0.15, 0.2) is 6.07 Å². The van der Waals surface area contributed by atoms with Gasteiger partial charge in [0.05, 0.1) is 10.7 Å². The van der Waals surface area contributed by atoms with Crippen molar-refractivity contribution >= 4 is 29.0 Å². The van der Waals surface area contributed by atoms with Gasteiger partial charge >= 0.3 is 0 Å². The smallest absolute Gasteiger partial charge is 0.263 e. The second kappa shape index (κ2) is 7.36. The normalized spacial score (nSPS) is 10.5. The summed E-state index contributed by atoms with van der Waals surface area (Å²) in [6.45, 7) is 6.71. The minimum Gasteiger partial charge on any atom is -0.363 e. The Morgan fingerprint density at radius 2 is 1.91 bits per heavy atom. The first-order valence-corrected chi connectivity index (χ1v) is 8.17. The van der Waals surface area contributed by atoms with E-state index in [2.05, 4.69) is 25.6 Å². The van der Waals surface area contributed by atoms with Crippen LogP contribution in [0.3, 0.4) is 0 Å². The highest BCUT2D eigenvalue weighted by Gasteiger charge is 2.13. The van der Waals surface area contributed by atoms with Crippen molar-refractivity contribution in [2.24, 2.45) is 0 Å². The lowest BCUT2D eigenvalue weighted by Gasteiger charge is -2.13. The van der Waals surface area contributed by atoms with E-state index in [9.17, 15) is 4.79 Å². The predicted octanol–water partition coefficient (Wildman–Crippen LogP) is 1.77. The molecule has 8 heteroatoms. The van der Waals surface area contributed by atoms with Crippen LogP contribution in [0.5, 0.6) is 0 Å². The number of amides is 1. The number of anilines is 2. The van der Waals surface area contributed by atoms with Crippen LogP contribution in [0.4, 0.5) is 11.8 Å². The van der Waals surface area contributed by atoms with Crippen LogP contribution in [0, 0.1) is 20.8 Å². The van der Waals surface area contributed by atoms with Gasteiger partial charge in [0.2, 0.25) is 5.95 Å². The lowest BCUT2D eigenvalue weighted by molar-refractivity contribution is 0.0958. The monoisotopic (exact) mass is 334 g/mol. The summed E-state index contributed by atoms with van der Waals surface area (Å²) in [5.41, 5.74) is 1.67. The van der Waals surface area contributed by atoms with Crippen molar-refractivity contribution in [1.29, 1.82) is 0 Å². The summed E-state index contributed by atoms with van der Waals surface area (Å²) >= 11 is 1.41. The van der Waals surface area contributed by atoms with Crippen LogP contribution in [-0.2, 0) is 0 Å². The molecule has 0 aliphatic carbocycles. The fourth-order valence-electron chi connectivity index (χ4n) is 2.03. The van der Waals surface area contributed by atoms with E-state index in [1.807, 2.05) is 45.8 Å². The lowest BCUT2D eigenvalue weighted by atomic mass is 10.3. The van der Waals surface area contributed by atoms with Crippen molar-refractivity contribution in [3.05, 3.63) is 27.3 Å². The molecule has 0 aliphatic rings. The van der Waals surface area contributed by atoms with E-state index in [-0.39, 0.29) is 5.91 Å². The van der Waals surface area contributed by atoms with E-state index in [1.165, 1.54) is 11.3 Å². The van der Waals surface area contributed by atoms with Gasteiger partial charge in [-0.25, -0.2) is 9.97 Å². The molecule has 2 heterocycles. The molecule has 0 aliphatic heterocycles. The first-order valence-electron chi connectivity index (χ1n) is 7.36.